The lowest BCUT2D eigenvalue weighted by Crippen LogP contribution is -2.66. The Hall–Kier alpha value is -1.19. The maximum Gasteiger partial charge on any atom is 0.102 e. The predicted molar refractivity (Wildman–Crippen MR) is 96.7 cm³/mol. The smallest absolute Gasteiger partial charge is 0.102 e. The molecular formula is C20H32N2O. The summed E-state index contributed by atoms with van der Waals surface area (Å²) in [5.74, 6) is 0.204. The summed E-state index contributed by atoms with van der Waals surface area (Å²) < 4.78 is 0. The van der Waals surface area contributed by atoms with E-state index in [1.165, 1.54) is 5.56 Å². The molecule has 2 rings (SSSR count). The van der Waals surface area contributed by atoms with Crippen LogP contribution in [0.1, 0.15) is 72.5 Å². The summed E-state index contributed by atoms with van der Waals surface area (Å²) >= 11 is 0. The first kappa shape index (κ1) is 18.2. The summed E-state index contributed by atoms with van der Waals surface area (Å²) in [6, 6.07) is 10.4. The van der Waals surface area contributed by atoms with Gasteiger partial charge in [0, 0.05) is 23.6 Å². The van der Waals surface area contributed by atoms with Crippen molar-refractivity contribution < 1.29 is 4.84 Å². The molecule has 4 unspecified atom stereocenters. The Balaban J connectivity index is 2.35. The van der Waals surface area contributed by atoms with Gasteiger partial charge in [-0.3, -0.25) is 4.84 Å². The quantitative estimate of drug-likeness (QED) is 0.792. The molecule has 0 bridgehead atoms. The topological polar surface area (TPSA) is 36.3 Å². The first-order chi connectivity index (χ1) is 10.8. The highest BCUT2D eigenvalue weighted by Gasteiger charge is 2.52. The number of hydrogen-bond donors (Lipinski definition) is 1. The molecule has 1 aromatic carbocycles. The number of rotatable bonds is 5. The fourth-order valence-electron chi connectivity index (χ4n) is 3.71. The molecule has 1 aliphatic rings. The van der Waals surface area contributed by atoms with Gasteiger partial charge in [-0.2, -0.15) is 5.06 Å². The molecule has 0 aromatic heterocycles. The lowest BCUT2D eigenvalue weighted by molar-refractivity contribution is -0.310. The second-order valence-corrected chi connectivity index (χ2v) is 7.44. The van der Waals surface area contributed by atoms with Crippen LogP contribution in [0.2, 0.25) is 0 Å². The Morgan fingerprint density at radius 2 is 1.83 bits per heavy atom. The van der Waals surface area contributed by atoms with Gasteiger partial charge < -0.3 is 5.41 Å². The Bertz CT molecular complexity index is 544. The van der Waals surface area contributed by atoms with Crippen LogP contribution in [0.3, 0.4) is 0 Å². The van der Waals surface area contributed by atoms with E-state index < -0.39 is 0 Å². The number of hydroxylamine groups is 2. The normalized spacial score (nSPS) is 33.7. The van der Waals surface area contributed by atoms with Crippen molar-refractivity contribution in [2.75, 3.05) is 0 Å². The minimum atomic E-state index is -0.150. The molecule has 0 radical (unpaired) electrons. The fraction of sp³-hybridized carbons (Fsp3) is 0.650. The zero-order valence-electron chi connectivity index (χ0n) is 15.5. The van der Waals surface area contributed by atoms with Crippen LogP contribution >= 0.6 is 0 Å². The molecule has 1 heterocycles. The molecule has 23 heavy (non-hydrogen) atoms. The highest BCUT2D eigenvalue weighted by molar-refractivity contribution is 5.86. The van der Waals surface area contributed by atoms with Crippen LogP contribution in [-0.4, -0.2) is 21.9 Å². The van der Waals surface area contributed by atoms with E-state index in [0.717, 1.165) is 25.0 Å². The second-order valence-electron chi connectivity index (χ2n) is 7.44. The third-order valence-electron chi connectivity index (χ3n) is 5.99. The van der Waals surface area contributed by atoms with Crippen LogP contribution in [0.15, 0.2) is 30.3 Å². The van der Waals surface area contributed by atoms with Crippen LogP contribution in [0.4, 0.5) is 0 Å². The zero-order valence-corrected chi connectivity index (χ0v) is 15.5. The molecule has 1 saturated heterocycles. The Morgan fingerprint density at radius 3 is 2.35 bits per heavy atom. The number of nitrogens with one attached hydrogen (secondary N) is 1. The number of benzene rings is 1. The van der Waals surface area contributed by atoms with Crippen molar-refractivity contribution in [3.63, 3.8) is 0 Å². The molecule has 4 atom stereocenters. The fourth-order valence-corrected chi connectivity index (χ4v) is 3.71. The summed E-state index contributed by atoms with van der Waals surface area (Å²) in [5.41, 5.74) is 1.77. The van der Waals surface area contributed by atoms with Gasteiger partial charge in [0.05, 0.1) is 5.54 Å². The van der Waals surface area contributed by atoms with Crippen molar-refractivity contribution in [1.82, 2.24) is 5.06 Å². The standard InChI is InChI=1S/C20H32N2O/c1-7-19(5)14-18(21)15(3)20(6,8-2)22(19)23-16(4)17-12-10-9-11-13-17/h9-13,15-16,21H,7-8,14H2,1-6H3. The van der Waals surface area contributed by atoms with Crippen molar-refractivity contribution in [2.24, 2.45) is 5.92 Å². The number of piperidine rings is 1. The van der Waals surface area contributed by atoms with E-state index >= 15 is 0 Å². The van der Waals surface area contributed by atoms with Gasteiger partial charge in [-0.1, -0.05) is 51.1 Å². The Labute approximate surface area is 141 Å². The van der Waals surface area contributed by atoms with Crippen LogP contribution in [0, 0.1) is 11.3 Å². The molecule has 1 aliphatic heterocycles. The van der Waals surface area contributed by atoms with Gasteiger partial charge >= 0.3 is 0 Å². The molecule has 1 fully saturated rings. The van der Waals surface area contributed by atoms with Gasteiger partial charge in [0.1, 0.15) is 6.10 Å². The Kier molecular flexibility index (Phi) is 5.32. The zero-order chi connectivity index (χ0) is 17.3. The van der Waals surface area contributed by atoms with Crippen molar-refractivity contribution in [3.05, 3.63) is 35.9 Å². The van der Waals surface area contributed by atoms with Crippen molar-refractivity contribution in [2.45, 2.75) is 78.0 Å². The minimum absolute atomic E-state index is 0.00688. The molecule has 128 valence electrons. The highest BCUT2D eigenvalue weighted by Crippen LogP contribution is 2.45. The molecule has 0 aliphatic carbocycles. The molecular weight excluding hydrogens is 284 g/mol. The maximum absolute atomic E-state index is 8.47. The van der Waals surface area contributed by atoms with Crippen LogP contribution < -0.4 is 0 Å². The summed E-state index contributed by atoms with van der Waals surface area (Å²) in [4.78, 5) is 6.55. The monoisotopic (exact) mass is 316 g/mol. The predicted octanol–water partition coefficient (Wildman–Crippen LogP) is 5.38. The maximum atomic E-state index is 8.47. The Morgan fingerprint density at radius 1 is 1.22 bits per heavy atom. The first-order valence-electron chi connectivity index (χ1n) is 8.88. The molecule has 1 aromatic rings. The average Bonchev–Trinajstić information content (AvgIpc) is 2.57. The highest BCUT2D eigenvalue weighted by atomic mass is 16.7. The van der Waals surface area contributed by atoms with Crippen molar-refractivity contribution >= 4 is 5.71 Å². The summed E-state index contributed by atoms with van der Waals surface area (Å²) in [6.45, 7) is 13.2. The van der Waals surface area contributed by atoms with Gasteiger partial charge in [0.25, 0.3) is 0 Å². The van der Waals surface area contributed by atoms with E-state index in [4.69, 9.17) is 10.2 Å². The van der Waals surface area contributed by atoms with Crippen molar-refractivity contribution in [3.8, 4) is 0 Å². The minimum Gasteiger partial charge on any atom is -0.309 e. The summed E-state index contributed by atoms with van der Waals surface area (Å²) in [7, 11) is 0. The SMILES string of the molecule is CCC1(C)CC(=N)C(C)C(C)(CC)N1OC(C)c1ccccc1. The van der Waals surface area contributed by atoms with E-state index in [2.05, 4.69) is 70.9 Å². The molecule has 1 N–H and O–H groups in total. The van der Waals surface area contributed by atoms with Gasteiger partial charge in [-0.15, -0.1) is 0 Å². The summed E-state index contributed by atoms with van der Waals surface area (Å²) in [6.07, 6.45) is 2.72. The van der Waals surface area contributed by atoms with E-state index in [0.29, 0.717) is 0 Å². The van der Waals surface area contributed by atoms with E-state index in [-0.39, 0.29) is 23.1 Å². The molecule has 3 heteroatoms. The molecule has 3 nitrogen and oxygen atoms in total. The third-order valence-corrected chi connectivity index (χ3v) is 5.99. The van der Waals surface area contributed by atoms with Gasteiger partial charge in [-0.05, 0) is 39.2 Å². The van der Waals surface area contributed by atoms with Gasteiger partial charge in [0.15, 0.2) is 0 Å². The molecule has 0 spiro atoms. The number of nitrogens with zero attached hydrogens (tertiary/aromatic N) is 1. The van der Waals surface area contributed by atoms with Crippen LogP contribution in [0.5, 0.6) is 0 Å². The van der Waals surface area contributed by atoms with E-state index in [1.54, 1.807) is 0 Å². The third kappa shape index (κ3) is 3.22. The van der Waals surface area contributed by atoms with Crippen LogP contribution in [0.25, 0.3) is 0 Å². The molecule has 0 saturated carbocycles. The second kappa shape index (κ2) is 6.74. The van der Waals surface area contributed by atoms with Crippen molar-refractivity contribution in [1.29, 1.82) is 5.41 Å². The van der Waals surface area contributed by atoms with Crippen LogP contribution in [-0.2, 0) is 4.84 Å². The molecule has 0 amide bonds. The first-order valence-corrected chi connectivity index (χ1v) is 8.88. The lowest BCUT2D eigenvalue weighted by atomic mass is 9.70. The largest absolute Gasteiger partial charge is 0.309 e. The summed E-state index contributed by atoms with van der Waals surface area (Å²) in [5, 5.41) is 10.7. The van der Waals surface area contributed by atoms with E-state index in [1.807, 2.05) is 6.07 Å². The van der Waals surface area contributed by atoms with Gasteiger partial charge in [-0.25, -0.2) is 0 Å². The number of hydrogen-bond acceptors (Lipinski definition) is 3. The van der Waals surface area contributed by atoms with Gasteiger partial charge in [0.2, 0.25) is 0 Å². The van der Waals surface area contributed by atoms with E-state index in [9.17, 15) is 0 Å². The lowest BCUT2D eigenvalue weighted by Gasteiger charge is -2.57. The average molecular weight is 316 g/mol.